The van der Waals surface area contributed by atoms with Crippen LogP contribution in [0.4, 0.5) is 0 Å². The van der Waals surface area contributed by atoms with Gasteiger partial charge in [-0.3, -0.25) is 0 Å². The molecule has 1 heterocycles. The highest BCUT2D eigenvalue weighted by Crippen LogP contribution is 2.25. The van der Waals surface area contributed by atoms with Gasteiger partial charge in [0, 0.05) is 6.42 Å². The lowest BCUT2D eigenvalue weighted by Gasteiger charge is -2.19. The average Bonchev–Trinajstić information content (AvgIpc) is 2.51. The maximum Gasteiger partial charge on any atom is 0.157 e. The van der Waals surface area contributed by atoms with Crippen LogP contribution in [0, 0.1) is 0 Å². The summed E-state index contributed by atoms with van der Waals surface area (Å²) < 4.78 is 11.2. The highest BCUT2D eigenvalue weighted by molar-refractivity contribution is 5.33. The molecule has 2 heteroatoms. The molecule has 2 rings (SSSR count). The van der Waals surface area contributed by atoms with E-state index in [9.17, 15) is 0 Å². The predicted octanol–water partition coefficient (Wildman–Crippen LogP) is 3.71. The largest absolute Gasteiger partial charge is 0.490 e. The van der Waals surface area contributed by atoms with E-state index in [-0.39, 0.29) is 0 Å². The second-order valence-corrected chi connectivity index (χ2v) is 4.27. The Bertz CT molecular complexity index is 324. The predicted molar refractivity (Wildman–Crippen MR) is 64.9 cm³/mol. The first kappa shape index (κ1) is 11.3. The Morgan fingerprint density at radius 2 is 2.06 bits per heavy atom. The molecule has 0 amide bonds. The molecule has 0 aromatic carbocycles. The Hall–Kier alpha value is -1.18. The van der Waals surface area contributed by atoms with Crippen LogP contribution >= 0.6 is 0 Å². The summed E-state index contributed by atoms with van der Waals surface area (Å²) in [6, 6.07) is 0. The molecule has 0 bridgehead atoms. The summed E-state index contributed by atoms with van der Waals surface area (Å²) in [5.74, 6) is 1.94. The highest BCUT2D eigenvalue weighted by atomic mass is 16.6. The molecular weight excluding hydrogens is 200 g/mol. The van der Waals surface area contributed by atoms with Crippen LogP contribution in [-0.2, 0) is 9.47 Å². The molecule has 0 fully saturated rings. The van der Waals surface area contributed by atoms with Crippen molar-refractivity contribution in [2.24, 2.45) is 0 Å². The number of rotatable bonds is 4. The first-order chi connectivity index (χ1) is 7.90. The summed E-state index contributed by atoms with van der Waals surface area (Å²) in [5.41, 5.74) is 1.36. The normalized spacial score (nSPS) is 19.4. The van der Waals surface area contributed by atoms with Gasteiger partial charge in [-0.2, -0.15) is 0 Å². The van der Waals surface area contributed by atoms with Gasteiger partial charge in [0.1, 0.15) is 19.0 Å². The van der Waals surface area contributed by atoms with E-state index in [4.69, 9.17) is 9.47 Å². The fourth-order valence-electron chi connectivity index (χ4n) is 2.02. The molecule has 1 aliphatic heterocycles. The third-order valence-electron chi connectivity index (χ3n) is 2.91. The number of allylic oxidation sites excluding steroid dienone is 4. The summed E-state index contributed by atoms with van der Waals surface area (Å²) in [6.07, 6.45) is 12.4. The molecule has 0 saturated heterocycles. The quantitative estimate of drug-likeness (QED) is 0.672. The third-order valence-corrected chi connectivity index (χ3v) is 2.91. The summed E-state index contributed by atoms with van der Waals surface area (Å²) in [6.45, 7) is 3.60. The molecule has 0 N–H and O–H groups in total. The van der Waals surface area contributed by atoms with Gasteiger partial charge in [-0.15, -0.1) is 0 Å². The summed E-state index contributed by atoms with van der Waals surface area (Å²) in [4.78, 5) is 0. The zero-order chi connectivity index (χ0) is 11.2. The van der Waals surface area contributed by atoms with Crippen molar-refractivity contribution in [3.8, 4) is 0 Å². The van der Waals surface area contributed by atoms with Gasteiger partial charge in [0.05, 0.1) is 0 Å². The van der Waals surface area contributed by atoms with E-state index in [1.165, 1.54) is 24.8 Å². The minimum Gasteiger partial charge on any atom is -0.490 e. The van der Waals surface area contributed by atoms with Crippen LogP contribution in [0.15, 0.2) is 35.3 Å². The smallest absolute Gasteiger partial charge is 0.157 e. The van der Waals surface area contributed by atoms with E-state index < -0.39 is 0 Å². The zero-order valence-electron chi connectivity index (χ0n) is 10.00. The van der Waals surface area contributed by atoms with Crippen molar-refractivity contribution in [1.82, 2.24) is 0 Å². The van der Waals surface area contributed by atoms with Crippen LogP contribution < -0.4 is 0 Å². The van der Waals surface area contributed by atoms with Gasteiger partial charge in [-0.25, -0.2) is 0 Å². The Balaban J connectivity index is 2.01. The fourth-order valence-corrected chi connectivity index (χ4v) is 2.02. The van der Waals surface area contributed by atoms with E-state index in [1.807, 2.05) is 0 Å². The first-order valence-electron chi connectivity index (χ1n) is 6.26. The van der Waals surface area contributed by atoms with Crippen LogP contribution in [0.2, 0.25) is 0 Å². The lowest BCUT2D eigenvalue weighted by atomic mass is 10.1. The summed E-state index contributed by atoms with van der Waals surface area (Å²) in [5, 5.41) is 0. The Morgan fingerprint density at radius 1 is 1.19 bits per heavy atom. The lowest BCUT2D eigenvalue weighted by Crippen LogP contribution is -2.12. The van der Waals surface area contributed by atoms with Crippen molar-refractivity contribution in [1.29, 1.82) is 0 Å². The maximum absolute atomic E-state index is 5.64. The van der Waals surface area contributed by atoms with Crippen LogP contribution in [0.25, 0.3) is 0 Å². The molecule has 1 aliphatic carbocycles. The first-order valence-corrected chi connectivity index (χ1v) is 6.26. The molecule has 0 aromatic heterocycles. The summed E-state index contributed by atoms with van der Waals surface area (Å²) >= 11 is 0. The van der Waals surface area contributed by atoms with E-state index in [2.05, 4.69) is 25.2 Å². The van der Waals surface area contributed by atoms with Crippen molar-refractivity contribution >= 4 is 0 Å². The Kier molecular flexibility index (Phi) is 4.09. The Labute approximate surface area is 97.6 Å². The van der Waals surface area contributed by atoms with Gasteiger partial charge in [0.25, 0.3) is 0 Å². The molecule has 0 atom stereocenters. The van der Waals surface area contributed by atoms with Crippen molar-refractivity contribution in [3.05, 3.63) is 35.3 Å². The molecule has 0 radical (unpaired) electrons. The number of unbranched alkanes of at least 4 members (excludes halogenated alkanes) is 2. The van der Waals surface area contributed by atoms with Crippen LogP contribution in [-0.4, -0.2) is 13.2 Å². The molecule has 0 spiro atoms. The van der Waals surface area contributed by atoms with Crippen molar-refractivity contribution in [2.45, 2.75) is 39.0 Å². The monoisotopic (exact) mass is 220 g/mol. The van der Waals surface area contributed by atoms with E-state index in [0.29, 0.717) is 13.2 Å². The highest BCUT2D eigenvalue weighted by Gasteiger charge is 2.14. The third kappa shape index (κ3) is 2.91. The van der Waals surface area contributed by atoms with Crippen LogP contribution in [0.3, 0.4) is 0 Å². The van der Waals surface area contributed by atoms with Gasteiger partial charge in [0.15, 0.2) is 5.76 Å². The number of hydrogen-bond donors (Lipinski definition) is 0. The SMILES string of the molecule is CCCCCC1=CC2=C(CC=C1)OCCO2. The van der Waals surface area contributed by atoms with Gasteiger partial charge >= 0.3 is 0 Å². The van der Waals surface area contributed by atoms with Gasteiger partial charge in [0.2, 0.25) is 0 Å². The van der Waals surface area contributed by atoms with E-state index in [1.54, 1.807) is 0 Å². The summed E-state index contributed by atoms with van der Waals surface area (Å²) in [7, 11) is 0. The maximum atomic E-state index is 5.64. The number of ether oxygens (including phenoxy) is 2. The standard InChI is InChI=1S/C14H20O2/c1-2-3-4-6-12-7-5-8-13-14(11-12)16-10-9-15-13/h5,7,11H,2-4,6,8-10H2,1H3. The molecule has 88 valence electrons. The minimum absolute atomic E-state index is 0.678. The van der Waals surface area contributed by atoms with Crippen LogP contribution in [0.1, 0.15) is 39.0 Å². The molecule has 2 aliphatic rings. The molecule has 0 unspecified atom stereocenters. The van der Waals surface area contributed by atoms with E-state index >= 15 is 0 Å². The molecule has 2 nitrogen and oxygen atoms in total. The fraction of sp³-hybridized carbons (Fsp3) is 0.571. The molecular formula is C14H20O2. The molecule has 16 heavy (non-hydrogen) atoms. The zero-order valence-corrected chi connectivity index (χ0v) is 10.00. The van der Waals surface area contributed by atoms with Crippen molar-refractivity contribution < 1.29 is 9.47 Å². The van der Waals surface area contributed by atoms with Gasteiger partial charge < -0.3 is 9.47 Å². The lowest BCUT2D eigenvalue weighted by molar-refractivity contribution is 0.0674. The Morgan fingerprint density at radius 3 is 2.94 bits per heavy atom. The van der Waals surface area contributed by atoms with Gasteiger partial charge in [-0.1, -0.05) is 31.9 Å². The molecule has 0 aromatic rings. The minimum atomic E-state index is 0.678. The van der Waals surface area contributed by atoms with Crippen molar-refractivity contribution in [3.63, 3.8) is 0 Å². The number of hydrogen-bond acceptors (Lipinski definition) is 2. The van der Waals surface area contributed by atoms with Crippen LogP contribution in [0.5, 0.6) is 0 Å². The van der Waals surface area contributed by atoms with Gasteiger partial charge in [-0.05, 0) is 24.5 Å². The topological polar surface area (TPSA) is 18.5 Å². The molecule has 0 saturated carbocycles. The van der Waals surface area contributed by atoms with E-state index in [0.717, 1.165) is 24.4 Å². The van der Waals surface area contributed by atoms with Crippen molar-refractivity contribution in [2.75, 3.05) is 13.2 Å². The second-order valence-electron chi connectivity index (χ2n) is 4.27. The second kappa shape index (κ2) is 5.78. The average molecular weight is 220 g/mol.